The average Bonchev–Trinajstić information content (AvgIpc) is 3.26. The van der Waals surface area contributed by atoms with Crippen molar-refractivity contribution >= 4 is 5.91 Å². The van der Waals surface area contributed by atoms with E-state index < -0.39 is 0 Å². The van der Waals surface area contributed by atoms with Crippen molar-refractivity contribution in [2.45, 2.75) is 44.9 Å². The highest BCUT2D eigenvalue weighted by atomic mass is 16.3. The van der Waals surface area contributed by atoms with Gasteiger partial charge in [-0.1, -0.05) is 5.21 Å². The number of piperidine rings is 3. The number of amides is 1. The van der Waals surface area contributed by atoms with Gasteiger partial charge in [0.2, 0.25) is 5.91 Å². The molecule has 0 saturated carbocycles. The van der Waals surface area contributed by atoms with Crippen LogP contribution in [0.25, 0.3) is 0 Å². The van der Waals surface area contributed by atoms with Crippen LogP contribution in [-0.4, -0.2) is 68.0 Å². The molecule has 7 heteroatoms. The summed E-state index contributed by atoms with van der Waals surface area (Å²) in [5, 5.41) is 17.1. The lowest BCUT2D eigenvalue weighted by Gasteiger charge is -2.49. The van der Waals surface area contributed by atoms with Crippen LogP contribution in [0.2, 0.25) is 0 Å². The minimum atomic E-state index is -0.0661. The van der Waals surface area contributed by atoms with Crippen LogP contribution >= 0.6 is 0 Å². The number of nitrogens with zero attached hydrogens (tertiary/aromatic N) is 5. The Morgan fingerprint density at radius 3 is 2.78 bits per heavy atom. The predicted molar refractivity (Wildman–Crippen MR) is 83.3 cm³/mol. The Kier molecular flexibility index (Phi) is 4.07. The summed E-state index contributed by atoms with van der Waals surface area (Å²) in [5.41, 5.74) is 0.614. The van der Waals surface area contributed by atoms with E-state index in [1.54, 1.807) is 0 Å². The highest BCUT2D eigenvalue weighted by Gasteiger charge is 2.44. The molecule has 4 aliphatic rings. The lowest BCUT2D eigenvalue weighted by molar-refractivity contribution is -0.142. The Morgan fingerprint density at radius 1 is 1.30 bits per heavy atom. The minimum Gasteiger partial charge on any atom is -0.390 e. The molecule has 1 amide bonds. The molecule has 4 fully saturated rings. The number of hydrogen-bond donors (Lipinski definition) is 1. The monoisotopic (exact) mass is 319 g/mol. The maximum absolute atomic E-state index is 12.7. The fourth-order valence-electron chi connectivity index (χ4n) is 4.50. The molecular formula is C16H25N5O2. The van der Waals surface area contributed by atoms with Crippen LogP contribution in [0.3, 0.4) is 0 Å². The van der Waals surface area contributed by atoms with Crippen molar-refractivity contribution < 1.29 is 9.90 Å². The Morgan fingerprint density at radius 2 is 2.13 bits per heavy atom. The molecule has 4 aliphatic heterocycles. The van der Waals surface area contributed by atoms with Crippen LogP contribution in [0, 0.1) is 11.8 Å². The third-order valence-corrected chi connectivity index (χ3v) is 5.76. The lowest BCUT2D eigenvalue weighted by atomic mass is 9.75. The molecule has 1 N–H and O–H groups in total. The van der Waals surface area contributed by atoms with Gasteiger partial charge in [0.05, 0.1) is 25.3 Å². The number of fused-ring (bicyclic) bond motifs is 3. The van der Waals surface area contributed by atoms with Crippen molar-refractivity contribution in [1.29, 1.82) is 0 Å². The number of carbonyl (C=O) groups excluding carboxylic acids is 1. The Labute approximate surface area is 136 Å². The summed E-state index contributed by atoms with van der Waals surface area (Å²) < 4.78 is 1.83. The van der Waals surface area contributed by atoms with E-state index in [0.29, 0.717) is 23.6 Å². The average molecular weight is 319 g/mol. The zero-order chi connectivity index (χ0) is 15.8. The summed E-state index contributed by atoms with van der Waals surface area (Å²) in [4.78, 5) is 17.3. The molecule has 4 atom stereocenters. The van der Waals surface area contributed by atoms with E-state index in [2.05, 4.69) is 20.1 Å². The van der Waals surface area contributed by atoms with E-state index in [0.717, 1.165) is 58.4 Å². The largest absolute Gasteiger partial charge is 0.390 e. The molecule has 4 saturated heterocycles. The summed E-state index contributed by atoms with van der Waals surface area (Å²) in [5.74, 6) is 1.10. The van der Waals surface area contributed by atoms with Crippen LogP contribution in [0.15, 0.2) is 6.20 Å². The first-order valence-electron chi connectivity index (χ1n) is 8.77. The molecule has 2 bridgehead atoms. The predicted octanol–water partition coefficient (Wildman–Crippen LogP) is 0.103. The molecule has 0 spiro atoms. The van der Waals surface area contributed by atoms with Gasteiger partial charge in [-0.15, -0.1) is 5.10 Å². The SMILES string of the molecule is O=C([C@H]1CN2CCC1C[C@@H]2Cn1cc(CO)nn1)N1CCCC1. The van der Waals surface area contributed by atoms with Crippen molar-refractivity contribution in [3.63, 3.8) is 0 Å². The van der Waals surface area contributed by atoms with Crippen LogP contribution in [0.4, 0.5) is 0 Å². The fourth-order valence-corrected chi connectivity index (χ4v) is 4.50. The molecule has 1 aromatic rings. The Bertz CT molecular complexity index is 569. The van der Waals surface area contributed by atoms with E-state index in [4.69, 9.17) is 5.11 Å². The van der Waals surface area contributed by atoms with Crippen molar-refractivity contribution in [1.82, 2.24) is 24.8 Å². The summed E-state index contributed by atoms with van der Waals surface area (Å²) >= 11 is 0. The van der Waals surface area contributed by atoms with Crippen molar-refractivity contribution in [2.75, 3.05) is 26.2 Å². The molecular weight excluding hydrogens is 294 g/mol. The van der Waals surface area contributed by atoms with E-state index in [1.807, 2.05) is 10.9 Å². The summed E-state index contributed by atoms with van der Waals surface area (Å²) in [6, 6.07) is 0.435. The maximum Gasteiger partial charge on any atom is 0.227 e. The number of carbonyl (C=O) groups is 1. The second-order valence-corrected chi connectivity index (χ2v) is 7.16. The van der Waals surface area contributed by atoms with E-state index in [9.17, 15) is 4.79 Å². The fraction of sp³-hybridized carbons (Fsp3) is 0.812. The Hall–Kier alpha value is -1.47. The van der Waals surface area contributed by atoms with Crippen LogP contribution < -0.4 is 0 Å². The number of aromatic nitrogens is 3. The summed E-state index contributed by atoms with van der Waals surface area (Å²) in [6.07, 6.45) is 6.35. The van der Waals surface area contributed by atoms with Gasteiger partial charge < -0.3 is 10.0 Å². The number of likely N-dealkylation sites (tertiary alicyclic amines) is 1. The Balaban J connectivity index is 1.40. The third kappa shape index (κ3) is 2.87. The number of rotatable bonds is 4. The molecule has 7 nitrogen and oxygen atoms in total. The quantitative estimate of drug-likeness (QED) is 0.852. The number of aliphatic hydroxyl groups excluding tert-OH is 1. The molecule has 5 heterocycles. The summed E-state index contributed by atoms with van der Waals surface area (Å²) in [6.45, 7) is 4.62. The number of hydrogen-bond acceptors (Lipinski definition) is 5. The maximum atomic E-state index is 12.7. The van der Waals surface area contributed by atoms with Gasteiger partial charge >= 0.3 is 0 Å². The minimum absolute atomic E-state index is 0.0661. The van der Waals surface area contributed by atoms with Gasteiger partial charge in [-0.2, -0.15) is 0 Å². The first-order valence-corrected chi connectivity index (χ1v) is 8.77. The topological polar surface area (TPSA) is 74.5 Å². The van der Waals surface area contributed by atoms with Crippen LogP contribution in [-0.2, 0) is 17.9 Å². The normalized spacial score (nSPS) is 33.3. The van der Waals surface area contributed by atoms with Gasteiger partial charge in [0.25, 0.3) is 0 Å². The highest BCUT2D eigenvalue weighted by molar-refractivity contribution is 5.80. The zero-order valence-corrected chi connectivity index (χ0v) is 13.5. The first kappa shape index (κ1) is 15.1. The second-order valence-electron chi connectivity index (χ2n) is 7.16. The molecule has 0 aromatic carbocycles. The number of aliphatic hydroxyl groups is 1. The third-order valence-electron chi connectivity index (χ3n) is 5.76. The molecule has 23 heavy (non-hydrogen) atoms. The van der Waals surface area contributed by atoms with Crippen molar-refractivity contribution in [3.05, 3.63) is 11.9 Å². The highest BCUT2D eigenvalue weighted by Crippen LogP contribution is 2.38. The van der Waals surface area contributed by atoms with Crippen LogP contribution in [0.1, 0.15) is 31.4 Å². The lowest BCUT2D eigenvalue weighted by Crippen LogP contribution is -2.58. The van der Waals surface area contributed by atoms with E-state index >= 15 is 0 Å². The molecule has 0 aliphatic carbocycles. The first-order chi connectivity index (χ1) is 11.2. The van der Waals surface area contributed by atoms with Crippen molar-refractivity contribution in [3.8, 4) is 0 Å². The van der Waals surface area contributed by atoms with Crippen LogP contribution in [0.5, 0.6) is 0 Å². The van der Waals surface area contributed by atoms with Gasteiger partial charge in [0.1, 0.15) is 5.69 Å². The molecule has 5 rings (SSSR count). The van der Waals surface area contributed by atoms with Gasteiger partial charge in [0.15, 0.2) is 0 Å². The smallest absolute Gasteiger partial charge is 0.227 e. The molecule has 2 unspecified atom stereocenters. The van der Waals surface area contributed by atoms with Gasteiger partial charge in [-0.25, -0.2) is 0 Å². The van der Waals surface area contributed by atoms with Gasteiger partial charge in [0, 0.05) is 25.7 Å². The van der Waals surface area contributed by atoms with Gasteiger partial charge in [-0.05, 0) is 38.1 Å². The van der Waals surface area contributed by atoms with Crippen molar-refractivity contribution in [2.24, 2.45) is 11.8 Å². The molecule has 0 radical (unpaired) electrons. The summed E-state index contributed by atoms with van der Waals surface area (Å²) in [7, 11) is 0. The van der Waals surface area contributed by atoms with Gasteiger partial charge in [-0.3, -0.25) is 14.4 Å². The second kappa shape index (κ2) is 6.20. The zero-order valence-electron chi connectivity index (χ0n) is 13.5. The van der Waals surface area contributed by atoms with E-state index in [1.165, 1.54) is 0 Å². The molecule has 1 aromatic heterocycles. The standard InChI is InChI=1S/C16H25N5O2/c22-11-13-8-21(18-17-13)9-14-7-12-3-6-20(14)10-15(12)16(23)19-4-1-2-5-19/h8,12,14-15,22H,1-7,9-11H2/t12?,14-,15+/m1/s1. The van der Waals surface area contributed by atoms with E-state index in [-0.39, 0.29) is 12.5 Å². The molecule has 126 valence electrons.